The van der Waals surface area contributed by atoms with Crippen molar-refractivity contribution in [1.29, 1.82) is 0 Å². The Labute approximate surface area is 185 Å². The molecule has 162 valence electrons. The van der Waals surface area contributed by atoms with E-state index >= 15 is 0 Å². The Bertz CT molecular complexity index is 1200. The van der Waals surface area contributed by atoms with Gasteiger partial charge in [0.25, 0.3) is 0 Å². The van der Waals surface area contributed by atoms with Crippen molar-refractivity contribution >= 4 is 57.2 Å². The number of anilines is 4. The Morgan fingerprint density at radius 1 is 1.19 bits per heavy atom. The first-order chi connectivity index (χ1) is 14.6. The molecule has 9 nitrogen and oxygen atoms in total. The fourth-order valence-electron chi connectivity index (χ4n) is 2.76. The van der Waals surface area contributed by atoms with Crippen LogP contribution in [0.1, 0.15) is 0 Å². The molecule has 31 heavy (non-hydrogen) atoms. The molecule has 2 N–H and O–H groups in total. The van der Waals surface area contributed by atoms with Crippen LogP contribution in [0.15, 0.2) is 47.1 Å². The quantitative estimate of drug-likeness (QED) is 0.258. The third-order valence-electron chi connectivity index (χ3n) is 4.19. The van der Waals surface area contributed by atoms with Gasteiger partial charge in [0.15, 0.2) is 0 Å². The normalized spacial score (nSPS) is 11.1. The molecule has 0 saturated carbocycles. The second-order valence-electron chi connectivity index (χ2n) is 6.77. The van der Waals surface area contributed by atoms with Gasteiger partial charge in [-0.3, -0.25) is 10.1 Å². The minimum Gasteiger partial charge on any atom is -0.494 e. The monoisotopic (exact) mass is 509 g/mol. The highest BCUT2D eigenvalue weighted by Gasteiger charge is 2.20. The van der Waals surface area contributed by atoms with Crippen molar-refractivity contribution < 1.29 is 18.6 Å². The van der Waals surface area contributed by atoms with Crippen molar-refractivity contribution in [2.45, 2.75) is 0 Å². The number of benzene rings is 2. The summed E-state index contributed by atoms with van der Waals surface area (Å²) >= 11 is 3.37. The molecule has 3 aromatic rings. The standard InChI is InChI=1S/C19H18BrFN5O4P/c1-30-16-8-12(21)15(26(27)28)9-14(16)24-19-22-10-11(20)18(25-19)23-13-6-4-5-7-17(13)31(2,3)29/h4-10H,1-3H3,(H2,22,23,24,25). The van der Waals surface area contributed by atoms with E-state index in [0.29, 0.717) is 21.3 Å². The molecule has 12 heteroatoms. The minimum absolute atomic E-state index is 0.0485. The predicted octanol–water partition coefficient (Wildman–Crippen LogP) is 5.03. The maximum absolute atomic E-state index is 13.9. The number of methoxy groups -OCH3 is 1. The minimum atomic E-state index is -2.56. The van der Waals surface area contributed by atoms with Gasteiger partial charge in [0, 0.05) is 23.6 Å². The molecule has 0 bridgehead atoms. The van der Waals surface area contributed by atoms with Gasteiger partial charge in [0.1, 0.15) is 18.7 Å². The summed E-state index contributed by atoms with van der Waals surface area (Å²) in [6, 6.07) is 9.08. The van der Waals surface area contributed by atoms with Crippen molar-refractivity contribution in [3.05, 3.63) is 63.0 Å². The summed E-state index contributed by atoms with van der Waals surface area (Å²) in [6.45, 7) is 3.34. The van der Waals surface area contributed by atoms with Gasteiger partial charge in [-0.1, -0.05) is 12.1 Å². The highest BCUT2D eigenvalue weighted by atomic mass is 79.9. The number of para-hydroxylation sites is 1. The summed E-state index contributed by atoms with van der Waals surface area (Å²) in [5, 5.41) is 17.7. The van der Waals surface area contributed by atoms with Crippen LogP contribution in [0.5, 0.6) is 5.75 Å². The first-order valence-electron chi connectivity index (χ1n) is 8.83. The number of rotatable bonds is 7. The van der Waals surface area contributed by atoms with Gasteiger partial charge in [-0.15, -0.1) is 0 Å². The predicted molar refractivity (Wildman–Crippen MR) is 121 cm³/mol. The van der Waals surface area contributed by atoms with E-state index < -0.39 is 23.6 Å². The van der Waals surface area contributed by atoms with Gasteiger partial charge in [-0.05, 0) is 41.4 Å². The van der Waals surface area contributed by atoms with Gasteiger partial charge >= 0.3 is 5.69 Å². The highest BCUT2D eigenvalue weighted by Crippen LogP contribution is 2.39. The molecular formula is C19H18BrFN5O4P. The third-order valence-corrected chi connectivity index (χ3v) is 6.32. The number of nitrogens with zero attached hydrogens (tertiary/aromatic N) is 3. The molecule has 0 unspecified atom stereocenters. The molecule has 0 radical (unpaired) electrons. The molecule has 0 aliphatic rings. The molecular weight excluding hydrogens is 492 g/mol. The number of hydrogen-bond acceptors (Lipinski definition) is 8. The van der Waals surface area contributed by atoms with Crippen LogP contribution in [-0.2, 0) is 4.57 Å². The Morgan fingerprint density at radius 3 is 2.55 bits per heavy atom. The van der Waals surface area contributed by atoms with Crippen LogP contribution in [0.4, 0.5) is 33.2 Å². The Balaban J connectivity index is 1.98. The summed E-state index contributed by atoms with van der Waals surface area (Å²) in [4.78, 5) is 18.7. The van der Waals surface area contributed by atoms with Crippen LogP contribution in [-0.4, -0.2) is 35.3 Å². The first-order valence-corrected chi connectivity index (χ1v) is 12.2. The molecule has 0 atom stereocenters. The van der Waals surface area contributed by atoms with Crippen LogP contribution >= 0.6 is 23.1 Å². The SMILES string of the molecule is COc1cc(F)c([N+](=O)[O-])cc1Nc1ncc(Br)c(Nc2ccccc2P(C)(C)=O)n1. The van der Waals surface area contributed by atoms with E-state index in [4.69, 9.17) is 4.74 Å². The number of halogens is 2. The summed E-state index contributed by atoms with van der Waals surface area (Å²) in [5.74, 6) is -0.522. The number of nitro benzene ring substituents is 1. The molecule has 0 aliphatic heterocycles. The topological polar surface area (TPSA) is 119 Å². The largest absolute Gasteiger partial charge is 0.494 e. The second kappa shape index (κ2) is 8.99. The summed E-state index contributed by atoms with van der Waals surface area (Å²) in [5.41, 5.74) is 0.0291. The zero-order chi connectivity index (χ0) is 22.8. The highest BCUT2D eigenvalue weighted by molar-refractivity contribution is 9.10. The van der Waals surface area contributed by atoms with Crippen molar-refractivity contribution in [2.75, 3.05) is 31.1 Å². The van der Waals surface area contributed by atoms with Gasteiger partial charge in [-0.2, -0.15) is 9.37 Å². The van der Waals surface area contributed by atoms with Gasteiger partial charge in [0.05, 0.1) is 27.9 Å². The van der Waals surface area contributed by atoms with Gasteiger partial charge in [-0.25, -0.2) is 4.98 Å². The zero-order valence-electron chi connectivity index (χ0n) is 16.7. The summed E-state index contributed by atoms with van der Waals surface area (Å²) in [7, 11) is -1.25. The maximum Gasteiger partial charge on any atom is 0.307 e. The van der Waals surface area contributed by atoms with Crippen LogP contribution in [0.25, 0.3) is 0 Å². The second-order valence-corrected chi connectivity index (χ2v) is 10.8. The van der Waals surface area contributed by atoms with Crippen molar-refractivity contribution in [1.82, 2.24) is 9.97 Å². The van der Waals surface area contributed by atoms with E-state index in [-0.39, 0.29) is 17.4 Å². The van der Waals surface area contributed by atoms with E-state index in [1.165, 1.54) is 13.3 Å². The Morgan fingerprint density at radius 2 is 1.90 bits per heavy atom. The summed E-state index contributed by atoms with van der Waals surface area (Å²) in [6.07, 6.45) is 1.47. The van der Waals surface area contributed by atoms with Crippen LogP contribution < -0.4 is 20.7 Å². The first kappa shape index (κ1) is 22.6. The van der Waals surface area contributed by atoms with Gasteiger partial charge in [0.2, 0.25) is 11.8 Å². The fourth-order valence-corrected chi connectivity index (χ4v) is 4.21. The van der Waals surface area contributed by atoms with E-state index in [0.717, 1.165) is 12.1 Å². The number of ether oxygens (including phenoxy) is 1. The lowest BCUT2D eigenvalue weighted by Crippen LogP contribution is -2.11. The maximum atomic E-state index is 13.9. The molecule has 3 rings (SSSR count). The number of hydrogen-bond donors (Lipinski definition) is 2. The lowest BCUT2D eigenvalue weighted by molar-refractivity contribution is -0.387. The molecule has 0 amide bonds. The van der Waals surface area contributed by atoms with Crippen molar-refractivity contribution in [3.8, 4) is 5.75 Å². The van der Waals surface area contributed by atoms with E-state index in [1.807, 2.05) is 0 Å². The average molecular weight is 510 g/mol. The average Bonchev–Trinajstić information content (AvgIpc) is 2.70. The lowest BCUT2D eigenvalue weighted by Gasteiger charge is -2.16. The van der Waals surface area contributed by atoms with Crippen molar-refractivity contribution in [2.24, 2.45) is 0 Å². The Hall–Kier alpha value is -3.04. The number of nitro groups is 1. The lowest BCUT2D eigenvalue weighted by atomic mass is 10.2. The van der Waals surface area contributed by atoms with Gasteiger partial charge < -0.3 is 19.9 Å². The van der Waals surface area contributed by atoms with E-state index in [1.54, 1.807) is 37.6 Å². The van der Waals surface area contributed by atoms with Crippen LogP contribution in [0.3, 0.4) is 0 Å². The molecule has 0 saturated heterocycles. The molecule has 0 spiro atoms. The molecule has 1 heterocycles. The summed E-state index contributed by atoms with van der Waals surface area (Å²) < 4.78 is 32.1. The fraction of sp³-hybridized carbons (Fsp3) is 0.158. The molecule has 1 aromatic heterocycles. The number of nitrogens with one attached hydrogen (secondary N) is 2. The van der Waals surface area contributed by atoms with E-state index in [9.17, 15) is 19.1 Å². The molecule has 0 fully saturated rings. The van der Waals surface area contributed by atoms with E-state index in [2.05, 4.69) is 36.5 Å². The van der Waals surface area contributed by atoms with Crippen molar-refractivity contribution in [3.63, 3.8) is 0 Å². The third kappa shape index (κ3) is 5.18. The number of aromatic nitrogens is 2. The zero-order valence-corrected chi connectivity index (χ0v) is 19.2. The Kier molecular flexibility index (Phi) is 6.56. The van der Waals surface area contributed by atoms with Crippen LogP contribution in [0.2, 0.25) is 0 Å². The molecule has 2 aromatic carbocycles. The molecule has 0 aliphatic carbocycles. The van der Waals surface area contributed by atoms with Crippen LogP contribution in [0, 0.1) is 15.9 Å². The smallest absolute Gasteiger partial charge is 0.307 e.